The fraction of sp³-hybridized carbons (Fsp3) is 0.686. The lowest BCUT2D eigenvalue weighted by Gasteiger charge is -2.46. The monoisotopic (exact) mass is 994 g/mol. The lowest BCUT2D eigenvalue weighted by molar-refractivity contribution is -0.307. The molecule has 0 saturated carbocycles. The number of carbonyl (C=O) groups is 2. The van der Waals surface area contributed by atoms with Crippen molar-refractivity contribution < 1.29 is 79.6 Å². The highest BCUT2D eigenvalue weighted by Crippen LogP contribution is 2.38. The molecule has 0 aromatic rings. The van der Waals surface area contributed by atoms with Gasteiger partial charge < -0.3 is 86.4 Å². The van der Waals surface area contributed by atoms with Crippen LogP contribution in [0.3, 0.4) is 0 Å². The smallest absolute Gasteiger partial charge is 0.308 e. The van der Waals surface area contributed by atoms with Crippen LogP contribution >= 0.6 is 0 Å². The first-order valence-corrected chi connectivity index (χ1v) is 24.6. The van der Waals surface area contributed by atoms with E-state index in [9.17, 15) is 60.7 Å². The second-order valence-corrected chi connectivity index (χ2v) is 19.0. The van der Waals surface area contributed by atoms with E-state index in [2.05, 4.69) is 10.6 Å². The predicted octanol–water partition coefficient (Wildman–Crippen LogP) is 0.353. The molecule has 3 rings (SSSR count). The molecule has 19 heteroatoms. The van der Waals surface area contributed by atoms with E-state index in [1.165, 1.54) is 0 Å². The third-order valence-corrected chi connectivity index (χ3v) is 12.9. The van der Waals surface area contributed by atoms with Crippen molar-refractivity contribution in [1.29, 1.82) is 0 Å². The molecule has 19 atom stereocenters. The van der Waals surface area contributed by atoms with E-state index in [4.69, 9.17) is 24.7 Å². The largest absolute Gasteiger partial charge is 0.462 e. The van der Waals surface area contributed by atoms with E-state index < -0.39 is 147 Å². The second-order valence-electron chi connectivity index (χ2n) is 19.0. The zero-order valence-corrected chi connectivity index (χ0v) is 41.3. The van der Waals surface area contributed by atoms with Crippen LogP contribution in [0.25, 0.3) is 0 Å². The molecule has 2 saturated heterocycles. The number of aliphatic hydroxyl groups excluding tert-OH is 9. The van der Waals surface area contributed by atoms with Crippen molar-refractivity contribution in [3.05, 3.63) is 85.1 Å². The van der Waals surface area contributed by atoms with Gasteiger partial charge in [0.2, 0.25) is 5.91 Å². The van der Waals surface area contributed by atoms with Crippen LogP contribution < -0.4 is 16.4 Å². The van der Waals surface area contributed by atoms with E-state index in [1.54, 1.807) is 70.4 Å². The number of esters is 1. The summed E-state index contributed by atoms with van der Waals surface area (Å²) in [5.74, 6) is -5.53. The predicted molar refractivity (Wildman–Crippen MR) is 261 cm³/mol. The molecule has 1 amide bonds. The van der Waals surface area contributed by atoms with E-state index in [0.29, 0.717) is 13.0 Å². The molecule has 3 aliphatic rings. The van der Waals surface area contributed by atoms with Crippen molar-refractivity contribution in [3.63, 3.8) is 0 Å². The highest BCUT2D eigenvalue weighted by atomic mass is 16.7. The lowest BCUT2D eigenvalue weighted by Crippen LogP contribution is -2.62. The fourth-order valence-electron chi connectivity index (χ4n) is 8.58. The summed E-state index contributed by atoms with van der Waals surface area (Å²) in [6.07, 6.45) is 5.51. The van der Waals surface area contributed by atoms with Gasteiger partial charge in [0.05, 0.1) is 85.5 Å². The summed E-state index contributed by atoms with van der Waals surface area (Å²) in [6, 6.07) is -1.13. The molecule has 70 heavy (non-hydrogen) atoms. The molecular formula is C51H83N3O16. The number of amides is 1. The Morgan fingerprint density at radius 3 is 1.91 bits per heavy atom. The number of hydrogen-bond acceptors (Lipinski definition) is 18. The Morgan fingerprint density at radius 2 is 1.30 bits per heavy atom. The number of aliphatic hydroxyl groups is 10. The van der Waals surface area contributed by atoms with Gasteiger partial charge in [-0.1, -0.05) is 98.9 Å². The summed E-state index contributed by atoms with van der Waals surface area (Å²) in [6.45, 7) is 7.67. The average molecular weight is 994 g/mol. The van der Waals surface area contributed by atoms with Gasteiger partial charge in [0, 0.05) is 44.1 Å². The number of nitrogens with one attached hydrogen (secondary N) is 2. The molecule has 14 N–H and O–H groups in total. The number of allylic oxidation sites excluding steroid dienone is 12. The summed E-state index contributed by atoms with van der Waals surface area (Å²) in [5.41, 5.74) is 6.11. The Kier molecular flexibility index (Phi) is 27.1. The minimum Gasteiger partial charge on any atom is -0.462 e. The van der Waals surface area contributed by atoms with Crippen molar-refractivity contribution >= 4 is 11.9 Å². The van der Waals surface area contributed by atoms with Gasteiger partial charge >= 0.3 is 5.97 Å². The van der Waals surface area contributed by atoms with Crippen molar-refractivity contribution in [2.75, 3.05) is 20.1 Å². The first-order valence-electron chi connectivity index (χ1n) is 24.6. The number of rotatable bonds is 7. The molecule has 3 aliphatic heterocycles. The van der Waals surface area contributed by atoms with Gasteiger partial charge in [-0.3, -0.25) is 9.59 Å². The molecule has 2 fully saturated rings. The molecule has 0 spiro atoms. The molecule has 0 aromatic carbocycles. The SMILES string of the molecule is CNCCCNC(=O)[C@H]1[C@@H]2C[C@@H](O[C@@H]3O[C@H](C)[C@@H](O)[C@H](N)[C@@H]3O)/C=C/C=C/C=C/C=C/C=C/C=C/C=C/[C@H](C)[C@@H](O)[C@@H](C)[C@H](C)OC(=O)C[C@H](O)C[C@H](O)CC[C@@H](O)[C@H](O)C[C@H](O)C[C@](O)(C[C@@H]1O)O2. The third-order valence-electron chi connectivity index (χ3n) is 12.9. The summed E-state index contributed by atoms with van der Waals surface area (Å²) in [4.78, 5) is 26.4. The van der Waals surface area contributed by atoms with Crippen molar-refractivity contribution in [1.82, 2.24) is 10.6 Å². The highest BCUT2D eigenvalue weighted by molar-refractivity contribution is 5.80. The molecule has 0 aromatic heterocycles. The number of nitrogens with two attached hydrogens (primary N) is 1. The maximum atomic E-state index is 13.7. The van der Waals surface area contributed by atoms with Gasteiger partial charge in [-0.25, -0.2) is 0 Å². The van der Waals surface area contributed by atoms with Gasteiger partial charge in [0.25, 0.3) is 0 Å². The zero-order chi connectivity index (χ0) is 52.0. The molecule has 0 unspecified atom stereocenters. The number of cyclic esters (lactones) is 1. The Balaban J connectivity index is 1.92. The Labute approximate surface area is 412 Å². The van der Waals surface area contributed by atoms with Crippen LogP contribution in [0.2, 0.25) is 0 Å². The van der Waals surface area contributed by atoms with E-state index in [1.807, 2.05) is 49.5 Å². The molecule has 2 bridgehead atoms. The summed E-state index contributed by atoms with van der Waals surface area (Å²) >= 11 is 0. The van der Waals surface area contributed by atoms with Crippen LogP contribution in [0.5, 0.6) is 0 Å². The van der Waals surface area contributed by atoms with Gasteiger partial charge in [0.15, 0.2) is 12.1 Å². The standard InChI is InChI=1S/C51H83N3O16/c1-31-19-16-14-12-10-8-6-7-9-11-13-15-17-20-38(69-50-48(64)45(52)47(63)34(4)68-50)28-42-44(49(65)54-24-18-23-53-5)41(60)30-51(66,70-42)29-37(57)26-40(59)39(58)22-21-35(55)25-36(56)27-43(61)67-33(3)32(2)46(31)62/h6-17,19-20,31-42,44-48,50,53,55-60,62-64,66H,18,21-30,52H2,1-5H3,(H,54,65)/b7-6+,10-8+,11-9+,14-12+,15-13+,19-16+,20-17+/t31-,32-,33-,34+,35+,36+,37-,38-,39+,40+,41-,42-,44+,45-,46+,47+,48-,50-,51+/m0/s1. The fourth-order valence-corrected chi connectivity index (χ4v) is 8.58. The van der Waals surface area contributed by atoms with Crippen molar-refractivity contribution in [3.8, 4) is 0 Å². The molecule has 0 radical (unpaired) electrons. The summed E-state index contributed by atoms with van der Waals surface area (Å²) in [7, 11) is 1.77. The maximum Gasteiger partial charge on any atom is 0.308 e. The minimum absolute atomic E-state index is 0.0914. The van der Waals surface area contributed by atoms with Crippen LogP contribution in [0.4, 0.5) is 0 Å². The lowest BCUT2D eigenvalue weighted by atomic mass is 9.82. The van der Waals surface area contributed by atoms with Crippen molar-refractivity contribution in [2.45, 2.75) is 183 Å². The van der Waals surface area contributed by atoms with Crippen LogP contribution in [0.15, 0.2) is 85.1 Å². The number of hydrogen-bond donors (Lipinski definition) is 13. The summed E-state index contributed by atoms with van der Waals surface area (Å²) < 4.78 is 23.7. The zero-order valence-electron chi connectivity index (χ0n) is 41.3. The first kappa shape index (κ1) is 60.8. The van der Waals surface area contributed by atoms with E-state index in [0.717, 1.165) is 0 Å². The molecule has 398 valence electrons. The Hall–Kier alpha value is -3.48. The Bertz CT molecular complexity index is 1760. The highest BCUT2D eigenvalue weighted by Gasteiger charge is 2.51. The third kappa shape index (κ3) is 20.9. The van der Waals surface area contributed by atoms with Crippen molar-refractivity contribution in [2.24, 2.45) is 23.5 Å². The topological polar surface area (TPSA) is 323 Å². The van der Waals surface area contributed by atoms with Gasteiger partial charge in [0.1, 0.15) is 12.2 Å². The normalized spacial score (nSPS) is 43.1. The number of fused-ring (bicyclic) bond motifs is 2. The average Bonchev–Trinajstić information content (AvgIpc) is 3.29. The molecule has 0 aliphatic carbocycles. The van der Waals surface area contributed by atoms with Crippen LogP contribution in [0, 0.1) is 17.8 Å². The molecule has 19 nitrogen and oxygen atoms in total. The maximum absolute atomic E-state index is 13.7. The molecule has 3 heterocycles. The number of ether oxygens (including phenoxy) is 4. The minimum atomic E-state index is -2.26. The van der Waals surface area contributed by atoms with Crippen LogP contribution in [-0.4, -0.2) is 181 Å². The quantitative estimate of drug-likeness (QED) is 0.121. The second kappa shape index (κ2) is 31.2. The van der Waals surface area contributed by atoms with Crippen LogP contribution in [0.1, 0.15) is 85.5 Å². The van der Waals surface area contributed by atoms with Gasteiger partial charge in [-0.15, -0.1) is 0 Å². The summed E-state index contributed by atoms with van der Waals surface area (Å²) in [5, 5.41) is 116. The molecular weight excluding hydrogens is 911 g/mol. The van der Waals surface area contributed by atoms with E-state index in [-0.39, 0.29) is 38.1 Å². The van der Waals surface area contributed by atoms with Gasteiger partial charge in [-0.2, -0.15) is 0 Å². The van der Waals surface area contributed by atoms with E-state index >= 15 is 0 Å². The first-order chi connectivity index (χ1) is 33.2. The Morgan fingerprint density at radius 1 is 0.700 bits per heavy atom. The number of carbonyl (C=O) groups excluding carboxylic acids is 2. The van der Waals surface area contributed by atoms with Gasteiger partial charge in [-0.05, 0) is 53.1 Å². The van der Waals surface area contributed by atoms with Crippen LogP contribution in [-0.2, 0) is 28.5 Å².